The molecule has 3 rings (SSSR count). The Labute approximate surface area is 163 Å². The molecule has 1 aromatic heterocycles. The highest BCUT2D eigenvalue weighted by molar-refractivity contribution is 5.74. The molecule has 28 heavy (non-hydrogen) atoms. The molecule has 0 bridgehead atoms. The highest BCUT2D eigenvalue weighted by atomic mass is 19.1. The second-order valence-corrected chi connectivity index (χ2v) is 7.23. The summed E-state index contributed by atoms with van der Waals surface area (Å²) in [7, 11) is 1.63. The molecule has 150 valence electrons. The van der Waals surface area contributed by atoms with Gasteiger partial charge in [-0.05, 0) is 43.4 Å². The third kappa shape index (κ3) is 5.09. The van der Waals surface area contributed by atoms with E-state index in [1.165, 1.54) is 16.8 Å². The van der Waals surface area contributed by atoms with Crippen LogP contribution in [0.1, 0.15) is 31.4 Å². The fraction of sp³-hybridized carbons (Fsp3) is 0.450. The van der Waals surface area contributed by atoms with Gasteiger partial charge in [-0.25, -0.2) is 13.9 Å². The van der Waals surface area contributed by atoms with Gasteiger partial charge in [-0.1, -0.05) is 12.1 Å². The van der Waals surface area contributed by atoms with E-state index in [9.17, 15) is 14.0 Å². The molecule has 1 aromatic carbocycles. The molecule has 0 unspecified atom stereocenters. The second kappa shape index (κ2) is 8.86. The van der Waals surface area contributed by atoms with Crippen molar-refractivity contribution in [2.45, 2.75) is 25.8 Å². The Morgan fingerprint density at radius 3 is 2.61 bits per heavy atom. The highest BCUT2D eigenvalue weighted by Gasteiger charge is 2.21. The first kappa shape index (κ1) is 19.9. The van der Waals surface area contributed by atoms with Crippen LogP contribution in [0.2, 0.25) is 0 Å². The van der Waals surface area contributed by atoms with Gasteiger partial charge in [-0.15, -0.1) is 0 Å². The van der Waals surface area contributed by atoms with Crippen molar-refractivity contribution >= 4 is 11.7 Å². The molecule has 2 amide bonds. The summed E-state index contributed by atoms with van der Waals surface area (Å²) in [6, 6.07) is 7.29. The minimum absolute atomic E-state index is 0.117. The standard InChI is InChI=1S/C20H26FN5O2/c1-14(16-3-5-17(21)6-4-16)24-20(28)22-12-15-7-9-26(10-8-15)18-11-19(27)25(2)23-13-18/h3-6,11,13-15H,7-10,12H2,1-2H3,(H2,22,24,28)/t14-/m1/s1. The van der Waals surface area contributed by atoms with E-state index in [1.54, 1.807) is 31.4 Å². The summed E-state index contributed by atoms with van der Waals surface area (Å²) in [5.41, 5.74) is 1.58. The number of piperidine rings is 1. The van der Waals surface area contributed by atoms with Gasteiger partial charge >= 0.3 is 6.03 Å². The normalized spacial score (nSPS) is 15.9. The summed E-state index contributed by atoms with van der Waals surface area (Å²) in [5.74, 6) is 0.0982. The first-order valence-corrected chi connectivity index (χ1v) is 9.50. The quantitative estimate of drug-likeness (QED) is 0.824. The number of nitrogens with one attached hydrogen (secondary N) is 2. The van der Waals surface area contributed by atoms with Gasteiger partial charge in [0, 0.05) is 32.7 Å². The van der Waals surface area contributed by atoms with Crippen LogP contribution in [0.3, 0.4) is 0 Å². The number of urea groups is 1. The molecule has 0 saturated carbocycles. The summed E-state index contributed by atoms with van der Waals surface area (Å²) in [6.07, 6.45) is 3.58. The number of anilines is 1. The number of hydrogen-bond acceptors (Lipinski definition) is 4. The number of nitrogens with zero attached hydrogens (tertiary/aromatic N) is 3. The first-order valence-electron chi connectivity index (χ1n) is 9.50. The minimum atomic E-state index is -0.293. The summed E-state index contributed by atoms with van der Waals surface area (Å²) in [5, 5.41) is 9.87. The molecule has 1 aliphatic heterocycles. The Bertz CT molecular complexity index is 860. The lowest BCUT2D eigenvalue weighted by Crippen LogP contribution is -2.42. The molecule has 0 aliphatic carbocycles. The van der Waals surface area contributed by atoms with Crippen LogP contribution in [-0.4, -0.2) is 35.4 Å². The maximum Gasteiger partial charge on any atom is 0.315 e. The number of rotatable bonds is 5. The van der Waals surface area contributed by atoms with E-state index < -0.39 is 0 Å². The third-order valence-corrected chi connectivity index (χ3v) is 5.20. The fourth-order valence-corrected chi connectivity index (χ4v) is 3.35. The Morgan fingerprint density at radius 1 is 1.29 bits per heavy atom. The molecule has 2 N–H and O–H groups in total. The topological polar surface area (TPSA) is 79.3 Å². The van der Waals surface area contributed by atoms with Crippen molar-refractivity contribution in [2.75, 3.05) is 24.5 Å². The average molecular weight is 387 g/mol. The summed E-state index contributed by atoms with van der Waals surface area (Å²) >= 11 is 0. The van der Waals surface area contributed by atoms with Crippen molar-refractivity contribution in [3.63, 3.8) is 0 Å². The highest BCUT2D eigenvalue weighted by Crippen LogP contribution is 2.21. The van der Waals surface area contributed by atoms with Gasteiger partial charge in [0.15, 0.2) is 0 Å². The SMILES string of the molecule is C[C@@H](NC(=O)NCC1CCN(c2cnn(C)c(=O)c2)CC1)c1ccc(F)cc1. The van der Waals surface area contributed by atoms with Gasteiger partial charge < -0.3 is 15.5 Å². The predicted molar refractivity (Wildman–Crippen MR) is 106 cm³/mol. The molecule has 1 fully saturated rings. The van der Waals surface area contributed by atoms with E-state index in [0.29, 0.717) is 12.5 Å². The molecule has 7 nitrogen and oxygen atoms in total. The van der Waals surface area contributed by atoms with Crippen molar-refractivity contribution in [3.8, 4) is 0 Å². The van der Waals surface area contributed by atoms with Gasteiger partial charge in [-0.3, -0.25) is 4.79 Å². The largest absolute Gasteiger partial charge is 0.370 e. The monoisotopic (exact) mass is 387 g/mol. The van der Waals surface area contributed by atoms with Crippen molar-refractivity contribution in [1.29, 1.82) is 0 Å². The van der Waals surface area contributed by atoms with E-state index in [2.05, 4.69) is 20.6 Å². The summed E-state index contributed by atoms with van der Waals surface area (Å²) < 4.78 is 14.3. The Kier molecular flexibility index (Phi) is 6.28. The van der Waals surface area contributed by atoms with Crippen LogP contribution >= 0.6 is 0 Å². The number of hydrogen-bond donors (Lipinski definition) is 2. The first-order chi connectivity index (χ1) is 13.4. The van der Waals surface area contributed by atoms with Crippen molar-refractivity contribution in [1.82, 2.24) is 20.4 Å². The maximum absolute atomic E-state index is 13.0. The van der Waals surface area contributed by atoms with Crippen molar-refractivity contribution in [3.05, 3.63) is 58.3 Å². The van der Waals surface area contributed by atoms with Crippen molar-refractivity contribution < 1.29 is 9.18 Å². The summed E-state index contributed by atoms with van der Waals surface area (Å²) in [6.45, 7) is 4.12. The number of benzene rings is 1. The number of amides is 2. The van der Waals surface area contributed by atoms with E-state index in [0.717, 1.165) is 37.2 Å². The van der Waals surface area contributed by atoms with Crippen LogP contribution in [-0.2, 0) is 7.05 Å². The van der Waals surface area contributed by atoms with Crippen LogP contribution in [0, 0.1) is 11.7 Å². The summed E-state index contributed by atoms with van der Waals surface area (Å²) in [4.78, 5) is 26.0. The fourth-order valence-electron chi connectivity index (χ4n) is 3.35. The zero-order valence-corrected chi connectivity index (χ0v) is 16.2. The van der Waals surface area contributed by atoms with Gasteiger partial charge in [0.05, 0.1) is 17.9 Å². The average Bonchev–Trinajstić information content (AvgIpc) is 2.69. The predicted octanol–water partition coefficient (Wildman–Crippen LogP) is 2.20. The molecule has 8 heteroatoms. The number of aromatic nitrogens is 2. The van der Waals surface area contributed by atoms with Crippen molar-refractivity contribution in [2.24, 2.45) is 13.0 Å². The number of carbonyl (C=O) groups is 1. The van der Waals surface area contributed by atoms with Gasteiger partial charge in [0.1, 0.15) is 5.82 Å². The molecule has 1 saturated heterocycles. The molecular weight excluding hydrogens is 361 g/mol. The van der Waals surface area contributed by atoms with Crippen LogP contribution < -0.4 is 21.1 Å². The molecule has 0 spiro atoms. The zero-order valence-electron chi connectivity index (χ0n) is 16.2. The number of carbonyl (C=O) groups excluding carboxylic acids is 1. The van der Waals surface area contributed by atoms with E-state index >= 15 is 0 Å². The number of halogens is 1. The lowest BCUT2D eigenvalue weighted by Gasteiger charge is -2.33. The van der Waals surface area contributed by atoms with E-state index in [4.69, 9.17) is 0 Å². The molecule has 0 radical (unpaired) electrons. The van der Waals surface area contributed by atoms with E-state index in [1.807, 2.05) is 6.92 Å². The smallest absolute Gasteiger partial charge is 0.315 e. The molecule has 1 atom stereocenters. The van der Waals surface area contributed by atoms with E-state index in [-0.39, 0.29) is 23.4 Å². The Balaban J connectivity index is 1.42. The zero-order chi connectivity index (χ0) is 20.1. The van der Waals surface area contributed by atoms with Crippen LogP contribution in [0.4, 0.5) is 14.9 Å². The number of aryl methyl sites for hydroxylation is 1. The Hall–Kier alpha value is -2.90. The lowest BCUT2D eigenvalue weighted by atomic mass is 9.96. The lowest BCUT2D eigenvalue weighted by molar-refractivity contribution is 0.234. The minimum Gasteiger partial charge on any atom is -0.370 e. The maximum atomic E-state index is 13.0. The van der Waals surface area contributed by atoms with Gasteiger partial charge in [0.25, 0.3) is 5.56 Å². The van der Waals surface area contributed by atoms with Crippen LogP contribution in [0.5, 0.6) is 0 Å². The van der Waals surface area contributed by atoms with Gasteiger partial charge in [0.2, 0.25) is 0 Å². The van der Waals surface area contributed by atoms with Gasteiger partial charge in [-0.2, -0.15) is 5.10 Å². The molecule has 2 aromatic rings. The Morgan fingerprint density at radius 2 is 1.96 bits per heavy atom. The molecule has 2 heterocycles. The molecule has 1 aliphatic rings. The van der Waals surface area contributed by atoms with Crippen LogP contribution in [0.15, 0.2) is 41.3 Å². The second-order valence-electron chi connectivity index (χ2n) is 7.23. The van der Waals surface area contributed by atoms with Crippen LogP contribution in [0.25, 0.3) is 0 Å². The molecular formula is C20H26FN5O2. The third-order valence-electron chi connectivity index (χ3n) is 5.20.